The van der Waals surface area contributed by atoms with E-state index in [9.17, 15) is 9.18 Å². The molecule has 0 aliphatic carbocycles. The molecule has 0 N–H and O–H groups in total. The summed E-state index contributed by atoms with van der Waals surface area (Å²) in [6.07, 6.45) is 0. The summed E-state index contributed by atoms with van der Waals surface area (Å²) in [5, 5.41) is -0.288. The van der Waals surface area contributed by atoms with Gasteiger partial charge in [-0.3, -0.25) is 4.79 Å². The van der Waals surface area contributed by atoms with E-state index in [4.69, 9.17) is 16.3 Å². The Morgan fingerprint density at radius 1 is 1.61 bits per heavy atom. The number of carbonyl (C=O) groups excluding carboxylic acids is 1. The molecule has 0 saturated heterocycles. The summed E-state index contributed by atoms with van der Waals surface area (Å²) in [5.74, 6) is -0.739. The van der Waals surface area contributed by atoms with Crippen molar-refractivity contribution in [1.29, 1.82) is 0 Å². The number of methoxy groups -OCH3 is 1. The topological polar surface area (TPSA) is 29.5 Å². The van der Waals surface area contributed by atoms with Crippen molar-refractivity contribution in [1.82, 2.24) is 4.90 Å². The van der Waals surface area contributed by atoms with Crippen LogP contribution in [-0.2, 0) is 4.74 Å². The largest absolute Gasteiger partial charge is 0.383 e. The van der Waals surface area contributed by atoms with Gasteiger partial charge < -0.3 is 9.64 Å². The summed E-state index contributed by atoms with van der Waals surface area (Å²) in [7, 11) is 3.16. The smallest absolute Gasteiger partial charge is 0.253 e. The third-order valence-corrected chi connectivity index (χ3v) is 3.24. The van der Waals surface area contributed by atoms with Crippen molar-refractivity contribution >= 4 is 33.4 Å². The standard InChI is InChI=1S/C12H14BrClFNO2/c1-16(6-9(14)7-18-2)12(17)8-3-4-10(13)11(15)5-8/h3-5,9H,6-7H2,1-2H3. The molecule has 0 aliphatic heterocycles. The lowest BCUT2D eigenvalue weighted by Crippen LogP contribution is -2.34. The highest BCUT2D eigenvalue weighted by Gasteiger charge is 2.16. The minimum absolute atomic E-state index is 0.275. The van der Waals surface area contributed by atoms with E-state index < -0.39 is 5.82 Å². The van der Waals surface area contributed by atoms with Gasteiger partial charge in [0.25, 0.3) is 5.91 Å². The van der Waals surface area contributed by atoms with Crippen LogP contribution < -0.4 is 0 Å². The van der Waals surface area contributed by atoms with Crippen molar-refractivity contribution in [3.05, 3.63) is 34.1 Å². The highest BCUT2D eigenvalue weighted by Crippen LogP contribution is 2.17. The molecule has 0 aliphatic rings. The Bertz CT molecular complexity index is 431. The molecule has 100 valence electrons. The maximum Gasteiger partial charge on any atom is 0.253 e. The first-order valence-electron chi connectivity index (χ1n) is 5.29. The first-order valence-corrected chi connectivity index (χ1v) is 6.52. The fourth-order valence-corrected chi connectivity index (χ4v) is 2.04. The Labute approximate surface area is 119 Å². The van der Waals surface area contributed by atoms with Gasteiger partial charge >= 0.3 is 0 Å². The van der Waals surface area contributed by atoms with E-state index in [0.29, 0.717) is 23.2 Å². The molecule has 0 bridgehead atoms. The number of alkyl halides is 1. The number of carbonyl (C=O) groups is 1. The third-order valence-electron chi connectivity index (χ3n) is 2.33. The van der Waals surface area contributed by atoms with Gasteiger partial charge in [-0.05, 0) is 34.1 Å². The predicted octanol–water partition coefficient (Wildman–Crippen LogP) is 2.91. The SMILES string of the molecule is COCC(Cl)CN(C)C(=O)c1ccc(Br)c(F)c1. The van der Waals surface area contributed by atoms with E-state index in [1.165, 1.54) is 17.0 Å². The predicted molar refractivity (Wildman–Crippen MR) is 72.6 cm³/mol. The van der Waals surface area contributed by atoms with Crippen molar-refractivity contribution in [2.75, 3.05) is 27.3 Å². The highest BCUT2D eigenvalue weighted by atomic mass is 79.9. The minimum atomic E-state index is -0.464. The summed E-state index contributed by atoms with van der Waals surface area (Å²) < 4.78 is 18.5. The lowest BCUT2D eigenvalue weighted by Gasteiger charge is -2.20. The minimum Gasteiger partial charge on any atom is -0.383 e. The molecule has 1 amide bonds. The van der Waals surface area contributed by atoms with Crippen molar-refractivity contribution in [3.8, 4) is 0 Å². The highest BCUT2D eigenvalue weighted by molar-refractivity contribution is 9.10. The van der Waals surface area contributed by atoms with Crippen LogP contribution in [0.15, 0.2) is 22.7 Å². The first-order chi connectivity index (χ1) is 8.45. The molecule has 0 aromatic heterocycles. The van der Waals surface area contributed by atoms with Crippen LogP contribution in [0, 0.1) is 5.82 Å². The molecule has 1 rings (SSSR count). The number of ether oxygens (including phenoxy) is 1. The zero-order chi connectivity index (χ0) is 13.7. The van der Waals surface area contributed by atoms with Crippen LogP contribution in [0.4, 0.5) is 4.39 Å². The second kappa shape index (κ2) is 7.07. The molecule has 1 aromatic carbocycles. The molecule has 3 nitrogen and oxygen atoms in total. The maximum atomic E-state index is 13.3. The lowest BCUT2D eigenvalue weighted by atomic mass is 10.2. The molecular weight excluding hydrogens is 324 g/mol. The van der Waals surface area contributed by atoms with Gasteiger partial charge in [0, 0.05) is 26.3 Å². The molecule has 18 heavy (non-hydrogen) atoms. The van der Waals surface area contributed by atoms with Gasteiger partial charge in [-0.25, -0.2) is 4.39 Å². The molecule has 0 heterocycles. The quantitative estimate of drug-likeness (QED) is 0.773. The van der Waals surface area contributed by atoms with Gasteiger partial charge in [-0.15, -0.1) is 11.6 Å². The average molecular weight is 339 g/mol. The van der Waals surface area contributed by atoms with E-state index in [1.54, 1.807) is 20.2 Å². The Balaban J connectivity index is 2.71. The van der Waals surface area contributed by atoms with Crippen LogP contribution in [-0.4, -0.2) is 43.5 Å². The van der Waals surface area contributed by atoms with Crippen molar-refractivity contribution < 1.29 is 13.9 Å². The number of hydrogen-bond donors (Lipinski definition) is 0. The van der Waals surface area contributed by atoms with Gasteiger partial charge in [0.05, 0.1) is 16.5 Å². The number of nitrogens with zero attached hydrogens (tertiary/aromatic N) is 1. The first kappa shape index (κ1) is 15.4. The van der Waals surface area contributed by atoms with E-state index in [-0.39, 0.29) is 11.3 Å². The van der Waals surface area contributed by atoms with Crippen LogP contribution in [0.5, 0.6) is 0 Å². The molecule has 0 fully saturated rings. The second-order valence-electron chi connectivity index (χ2n) is 3.87. The third kappa shape index (κ3) is 4.23. The summed E-state index contributed by atoms with van der Waals surface area (Å²) >= 11 is 9.00. The van der Waals surface area contributed by atoms with Crippen molar-refractivity contribution in [3.63, 3.8) is 0 Å². The molecule has 1 unspecified atom stereocenters. The number of hydrogen-bond acceptors (Lipinski definition) is 2. The number of benzene rings is 1. The van der Waals surface area contributed by atoms with Crippen molar-refractivity contribution in [2.24, 2.45) is 0 Å². The molecule has 0 spiro atoms. The Hall–Kier alpha value is -0.650. The van der Waals surface area contributed by atoms with E-state index in [1.807, 2.05) is 0 Å². The van der Waals surface area contributed by atoms with Crippen LogP contribution in [0.2, 0.25) is 0 Å². The summed E-state index contributed by atoms with van der Waals surface area (Å²) in [4.78, 5) is 13.4. The summed E-state index contributed by atoms with van der Waals surface area (Å²) in [6.45, 7) is 0.694. The van der Waals surface area contributed by atoms with Crippen LogP contribution in [0.25, 0.3) is 0 Å². The number of amides is 1. The van der Waals surface area contributed by atoms with Gasteiger partial charge in [0.15, 0.2) is 0 Å². The van der Waals surface area contributed by atoms with Crippen molar-refractivity contribution in [2.45, 2.75) is 5.38 Å². The Morgan fingerprint density at radius 2 is 2.28 bits per heavy atom. The normalized spacial score (nSPS) is 12.3. The van der Waals surface area contributed by atoms with E-state index in [2.05, 4.69) is 15.9 Å². The molecular formula is C12H14BrClFNO2. The molecule has 1 aromatic rings. The fraction of sp³-hybridized carbons (Fsp3) is 0.417. The Kier molecular flexibility index (Phi) is 6.05. The van der Waals surface area contributed by atoms with Gasteiger partial charge in [0.2, 0.25) is 0 Å². The summed E-state index contributed by atoms with van der Waals surface area (Å²) in [6, 6.07) is 4.26. The second-order valence-corrected chi connectivity index (χ2v) is 5.34. The monoisotopic (exact) mass is 337 g/mol. The van der Waals surface area contributed by atoms with Gasteiger partial charge in [0.1, 0.15) is 5.82 Å². The molecule has 6 heteroatoms. The zero-order valence-corrected chi connectivity index (χ0v) is 12.5. The average Bonchev–Trinajstić information content (AvgIpc) is 2.32. The lowest BCUT2D eigenvalue weighted by molar-refractivity contribution is 0.0781. The zero-order valence-electron chi connectivity index (χ0n) is 10.1. The molecule has 0 radical (unpaired) electrons. The van der Waals surface area contributed by atoms with Crippen LogP contribution in [0.1, 0.15) is 10.4 Å². The van der Waals surface area contributed by atoms with E-state index in [0.717, 1.165) is 0 Å². The molecule has 0 saturated carbocycles. The number of rotatable bonds is 5. The van der Waals surface area contributed by atoms with Gasteiger partial charge in [-0.2, -0.15) is 0 Å². The van der Waals surface area contributed by atoms with E-state index >= 15 is 0 Å². The fourth-order valence-electron chi connectivity index (χ4n) is 1.46. The summed E-state index contributed by atoms with van der Waals surface area (Å²) in [5.41, 5.74) is 0.291. The number of halogens is 3. The van der Waals surface area contributed by atoms with Crippen LogP contribution in [0.3, 0.4) is 0 Å². The maximum absolute atomic E-state index is 13.3. The Morgan fingerprint density at radius 3 is 2.83 bits per heavy atom. The van der Waals surface area contributed by atoms with Gasteiger partial charge in [-0.1, -0.05) is 0 Å². The molecule has 1 atom stereocenters. The van der Waals surface area contributed by atoms with Crippen LogP contribution >= 0.6 is 27.5 Å².